The predicted molar refractivity (Wildman–Crippen MR) is 136 cm³/mol. The van der Waals surface area contributed by atoms with E-state index >= 15 is 0 Å². The summed E-state index contributed by atoms with van der Waals surface area (Å²) in [5, 5.41) is 6.30. The van der Waals surface area contributed by atoms with Gasteiger partial charge in [0.05, 0.1) is 5.54 Å². The molecule has 1 aliphatic heterocycles. The van der Waals surface area contributed by atoms with Crippen molar-refractivity contribution in [3.8, 4) is 11.5 Å². The number of hydrogen-bond acceptors (Lipinski definition) is 4. The molecule has 194 valence electrons. The van der Waals surface area contributed by atoms with Crippen molar-refractivity contribution in [2.75, 3.05) is 0 Å². The maximum Gasteiger partial charge on any atom is 0.412 e. The van der Waals surface area contributed by atoms with Crippen molar-refractivity contribution in [3.63, 3.8) is 0 Å². The van der Waals surface area contributed by atoms with Gasteiger partial charge in [-0.3, -0.25) is 4.79 Å². The number of aryl methyl sites for hydroxylation is 1. The van der Waals surface area contributed by atoms with E-state index in [1.807, 2.05) is 24.3 Å². The van der Waals surface area contributed by atoms with Gasteiger partial charge >= 0.3 is 6.09 Å². The first-order chi connectivity index (χ1) is 17.4. The highest BCUT2D eigenvalue weighted by atomic mass is 19.1. The predicted octanol–water partition coefficient (Wildman–Crippen LogP) is 6.01. The van der Waals surface area contributed by atoms with Gasteiger partial charge in [-0.2, -0.15) is 0 Å². The summed E-state index contributed by atoms with van der Waals surface area (Å²) in [5.74, 6) is 0.983. The Balaban J connectivity index is 1.58. The molecule has 1 unspecified atom stereocenters. The topological polar surface area (TPSA) is 76.7 Å². The molecular weight excluding hydrogens is 459 g/mol. The van der Waals surface area contributed by atoms with Gasteiger partial charge in [0.15, 0.2) is 0 Å². The van der Waals surface area contributed by atoms with Gasteiger partial charge < -0.3 is 20.1 Å². The van der Waals surface area contributed by atoms with E-state index in [4.69, 9.17) is 9.47 Å². The fourth-order valence-electron chi connectivity index (χ4n) is 6.05. The second-order valence-electron chi connectivity index (χ2n) is 10.3. The lowest BCUT2D eigenvalue weighted by Crippen LogP contribution is -2.57. The molecule has 0 aromatic heterocycles. The Morgan fingerprint density at radius 3 is 2.75 bits per heavy atom. The van der Waals surface area contributed by atoms with Crippen LogP contribution in [0.2, 0.25) is 0 Å². The lowest BCUT2D eigenvalue weighted by molar-refractivity contribution is -0.113. The first-order valence-electron chi connectivity index (χ1n) is 13.1. The number of hydrogen-bond donors (Lipinski definition) is 2. The minimum atomic E-state index is -0.601. The van der Waals surface area contributed by atoms with Gasteiger partial charge in [-0.1, -0.05) is 51.3 Å². The molecule has 1 fully saturated rings. The zero-order chi connectivity index (χ0) is 25.7. The second-order valence-corrected chi connectivity index (χ2v) is 10.3. The smallest absolute Gasteiger partial charge is 0.412 e. The fraction of sp³-hybridized carbons (Fsp3) is 0.517. The Kier molecular flexibility index (Phi) is 8.17. The summed E-state index contributed by atoms with van der Waals surface area (Å²) in [6.45, 7) is 5.93. The molecule has 0 bridgehead atoms. The number of rotatable bonds is 8. The first-order valence-corrected chi connectivity index (χ1v) is 13.1. The lowest BCUT2D eigenvalue weighted by Gasteiger charge is -2.50. The Morgan fingerprint density at radius 1 is 1.22 bits per heavy atom. The Hall–Kier alpha value is -3.09. The summed E-state index contributed by atoms with van der Waals surface area (Å²) >= 11 is 0. The minimum absolute atomic E-state index is 0.0148. The highest BCUT2D eigenvalue weighted by Gasteiger charge is 2.49. The van der Waals surface area contributed by atoms with E-state index in [9.17, 15) is 14.0 Å². The van der Waals surface area contributed by atoms with Crippen LogP contribution in [0.4, 0.5) is 9.18 Å². The van der Waals surface area contributed by atoms with Gasteiger partial charge in [0.25, 0.3) is 0 Å². The van der Waals surface area contributed by atoms with Gasteiger partial charge in [-0.15, -0.1) is 0 Å². The Morgan fingerprint density at radius 2 is 2.00 bits per heavy atom. The van der Waals surface area contributed by atoms with Crippen molar-refractivity contribution >= 4 is 12.5 Å². The molecule has 1 heterocycles. The number of carbonyl (C=O) groups excluding carboxylic acids is 2. The third kappa shape index (κ3) is 5.35. The average molecular weight is 497 g/mol. The molecule has 7 heteroatoms. The number of carbonyl (C=O) groups is 2. The molecular formula is C29H37FN2O4. The van der Waals surface area contributed by atoms with E-state index in [-0.39, 0.29) is 29.8 Å². The molecule has 0 spiro atoms. The van der Waals surface area contributed by atoms with Gasteiger partial charge in [0.1, 0.15) is 23.4 Å². The molecule has 2 aromatic carbocycles. The third-order valence-electron chi connectivity index (χ3n) is 8.01. The highest BCUT2D eigenvalue weighted by molar-refractivity contribution is 5.70. The quantitative estimate of drug-likeness (QED) is 0.439. The molecule has 1 aliphatic carbocycles. The van der Waals surface area contributed by atoms with Crippen molar-refractivity contribution in [2.45, 2.75) is 83.4 Å². The number of fused-ring (bicyclic) bond motifs is 1. The number of ether oxygens (including phenoxy) is 2. The number of amides is 2. The lowest BCUT2D eigenvalue weighted by atomic mass is 9.66. The van der Waals surface area contributed by atoms with Crippen LogP contribution < -0.4 is 20.1 Å². The molecule has 2 amide bonds. The van der Waals surface area contributed by atoms with Gasteiger partial charge in [-0.25, -0.2) is 9.18 Å². The van der Waals surface area contributed by atoms with E-state index < -0.39 is 11.6 Å². The summed E-state index contributed by atoms with van der Waals surface area (Å²) in [6, 6.07) is 12.1. The average Bonchev–Trinajstić information content (AvgIpc) is 2.86. The maximum absolute atomic E-state index is 13.6. The van der Waals surface area contributed by atoms with Crippen LogP contribution >= 0.6 is 0 Å². The summed E-state index contributed by atoms with van der Waals surface area (Å²) < 4.78 is 25.5. The highest BCUT2D eigenvalue weighted by Crippen LogP contribution is 2.49. The van der Waals surface area contributed by atoms with Crippen LogP contribution in [0, 0.1) is 24.6 Å². The number of benzene rings is 2. The van der Waals surface area contributed by atoms with Gasteiger partial charge in [0, 0.05) is 17.5 Å². The monoisotopic (exact) mass is 496 g/mol. The third-order valence-corrected chi connectivity index (χ3v) is 8.01. The molecule has 1 saturated carbocycles. The van der Waals surface area contributed by atoms with Crippen molar-refractivity contribution in [1.82, 2.24) is 10.6 Å². The number of halogens is 1. The Bertz CT molecular complexity index is 1080. The molecule has 2 aliphatic rings. The SMILES string of the molecule is CCC[C@@H]1Oc2ccccc2C(C[C@H]2CCCC[C@H]2NC(=O)Oc2ccc(F)c(C)c2)(NC=O)[C@@H]1C. The number of para-hydroxylation sites is 1. The van der Waals surface area contributed by atoms with Crippen LogP contribution in [0.15, 0.2) is 42.5 Å². The molecule has 2 N–H and O–H groups in total. The largest absolute Gasteiger partial charge is 0.490 e. The van der Waals surface area contributed by atoms with Gasteiger partial charge in [-0.05, 0) is 68.4 Å². The van der Waals surface area contributed by atoms with Crippen molar-refractivity contribution in [1.29, 1.82) is 0 Å². The molecule has 2 aromatic rings. The molecule has 36 heavy (non-hydrogen) atoms. The molecule has 0 radical (unpaired) electrons. The Labute approximate surface area is 212 Å². The molecule has 0 saturated heterocycles. The normalized spacial score (nSPS) is 27.3. The zero-order valence-corrected chi connectivity index (χ0v) is 21.4. The summed E-state index contributed by atoms with van der Waals surface area (Å²) in [7, 11) is 0. The molecule has 4 rings (SSSR count). The summed E-state index contributed by atoms with van der Waals surface area (Å²) in [5.41, 5.74) is 0.813. The van der Waals surface area contributed by atoms with Crippen LogP contribution in [-0.2, 0) is 10.3 Å². The van der Waals surface area contributed by atoms with E-state index in [1.165, 1.54) is 18.2 Å². The van der Waals surface area contributed by atoms with Crippen LogP contribution in [0.3, 0.4) is 0 Å². The van der Waals surface area contributed by atoms with E-state index in [0.29, 0.717) is 17.7 Å². The number of nitrogens with one attached hydrogen (secondary N) is 2. The van der Waals surface area contributed by atoms with Crippen LogP contribution in [0.5, 0.6) is 11.5 Å². The second kappa shape index (κ2) is 11.3. The fourth-order valence-corrected chi connectivity index (χ4v) is 6.05. The van der Waals surface area contributed by atoms with Crippen LogP contribution in [-0.4, -0.2) is 24.6 Å². The van der Waals surface area contributed by atoms with E-state index in [2.05, 4.69) is 24.5 Å². The van der Waals surface area contributed by atoms with Crippen LogP contribution in [0.25, 0.3) is 0 Å². The summed E-state index contributed by atoms with van der Waals surface area (Å²) in [4.78, 5) is 24.8. The van der Waals surface area contributed by atoms with Crippen LogP contribution in [0.1, 0.15) is 69.9 Å². The minimum Gasteiger partial charge on any atom is -0.490 e. The first kappa shape index (κ1) is 26.0. The summed E-state index contributed by atoms with van der Waals surface area (Å²) in [6.07, 6.45) is 6.67. The standard InChI is InChI=1S/C29H37FN2O4/c1-4-9-26-20(3)29(31-18-33,23-11-6-8-13-27(23)36-26)17-21-10-5-7-12-25(21)32-28(34)35-22-14-15-24(30)19(2)16-22/h6,8,11,13-16,18,20-21,25-26H,4-5,7,9-10,12,17H2,1-3H3,(H,31,33)(H,32,34)/t20-,21-,25-,26+,29?/m1/s1. The zero-order valence-electron chi connectivity index (χ0n) is 21.4. The molecule has 5 atom stereocenters. The van der Waals surface area contributed by atoms with Crippen molar-refractivity contribution in [3.05, 3.63) is 59.4 Å². The van der Waals surface area contributed by atoms with Gasteiger partial charge in [0.2, 0.25) is 6.41 Å². The van der Waals surface area contributed by atoms with E-state index in [1.54, 1.807) is 6.92 Å². The van der Waals surface area contributed by atoms with Crippen molar-refractivity contribution < 1.29 is 23.5 Å². The molecule has 6 nitrogen and oxygen atoms in total. The maximum atomic E-state index is 13.6. The van der Waals surface area contributed by atoms with Crippen molar-refractivity contribution in [2.24, 2.45) is 11.8 Å². The van der Waals surface area contributed by atoms with E-state index in [0.717, 1.165) is 56.2 Å².